The lowest BCUT2D eigenvalue weighted by molar-refractivity contribution is -0.384. The molecule has 21 heavy (non-hydrogen) atoms. The van der Waals surface area contributed by atoms with Crippen LogP contribution in [0.15, 0.2) is 30.6 Å². The van der Waals surface area contributed by atoms with E-state index in [0.717, 1.165) is 24.4 Å². The maximum Gasteiger partial charge on any atom is 0.275 e. The molecule has 2 rings (SSSR count). The number of nitrogens with one attached hydrogen (secondary N) is 2. The molecule has 0 saturated heterocycles. The van der Waals surface area contributed by atoms with Crippen LogP contribution in [-0.2, 0) is 0 Å². The number of nitro groups is 1. The first-order valence-corrected chi connectivity index (χ1v) is 5.55. The molecule has 0 saturated carbocycles. The molecule has 0 aliphatic carbocycles. The van der Waals surface area contributed by atoms with Crippen molar-refractivity contribution in [3.05, 3.63) is 52.2 Å². The van der Waals surface area contributed by atoms with Crippen LogP contribution in [0.3, 0.4) is 0 Å². The van der Waals surface area contributed by atoms with Crippen molar-refractivity contribution in [3.8, 4) is 0 Å². The third kappa shape index (κ3) is 3.25. The number of anilines is 2. The van der Waals surface area contributed by atoms with E-state index in [1.807, 2.05) is 0 Å². The zero-order valence-corrected chi connectivity index (χ0v) is 10.4. The van der Waals surface area contributed by atoms with Gasteiger partial charge in [-0.1, -0.05) is 0 Å². The van der Waals surface area contributed by atoms with Crippen molar-refractivity contribution in [1.29, 1.82) is 0 Å². The lowest BCUT2D eigenvalue weighted by Crippen LogP contribution is -2.16. The van der Waals surface area contributed by atoms with E-state index < -0.39 is 16.6 Å². The van der Waals surface area contributed by atoms with Gasteiger partial charge in [0, 0.05) is 12.1 Å². The SMILES string of the molecule is NNc1cnc(C(=O)Nc2cc([N+](=O)[O-])ccc2F)cn1. The summed E-state index contributed by atoms with van der Waals surface area (Å²) in [5, 5.41) is 12.8. The minimum atomic E-state index is -0.804. The molecule has 10 heteroatoms. The van der Waals surface area contributed by atoms with Gasteiger partial charge in [-0.25, -0.2) is 20.2 Å². The number of aromatic nitrogens is 2. The van der Waals surface area contributed by atoms with Gasteiger partial charge in [-0.3, -0.25) is 14.9 Å². The average Bonchev–Trinajstić information content (AvgIpc) is 2.49. The van der Waals surface area contributed by atoms with Crippen LogP contribution in [0.25, 0.3) is 0 Å². The number of rotatable bonds is 4. The Balaban J connectivity index is 2.22. The van der Waals surface area contributed by atoms with Gasteiger partial charge in [0.15, 0.2) is 5.82 Å². The third-order valence-corrected chi connectivity index (χ3v) is 2.44. The Morgan fingerprint density at radius 1 is 1.33 bits per heavy atom. The highest BCUT2D eigenvalue weighted by atomic mass is 19.1. The molecule has 0 aliphatic rings. The Labute approximate surface area is 117 Å². The fourth-order valence-electron chi connectivity index (χ4n) is 1.43. The van der Waals surface area contributed by atoms with E-state index in [1.165, 1.54) is 6.20 Å². The van der Waals surface area contributed by atoms with Crippen molar-refractivity contribution in [2.75, 3.05) is 10.7 Å². The van der Waals surface area contributed by atoms with E-state index in [-0.39, 0.29) is 22.9 Å². The molecule has 4 N–H and O–H groups in total. The average molecular weight is 292 g/mol. The Kier molecular flexibility index (Phi) is 4.00. The quantitative estimate of drug-likeness (QED) is 0.435. The predicted molar refractivity (Wildman–Crippen MR) is 70.8 cm³/mol. The monoisotopic (exact) mass is 292 g/mol. The van der Waals surface area contributed by atoms with Crippen LogP contribution in [0.2, 0.25) is 0 Å². The van der Waals surface area contributed by atoms with E-state index in [0.29, 0.717) is 0 Å². The van der Waals surface area contributed by atoms with Crippen molar-refractivity contribution in [1.82, 2.24) is 9.97 Å². The molecule has 0 spiro atoms. The van der Waals surface area contributed by atoms with Crippen LogP contribution >= 0.6 is 0 Å². The molecule has 1 aromatic heterocycles. The van der Waals surface area contributed by atoms with Crippen LogP contribution < -0.4 is 16.6 Å². The summed E-state index contributed by atoms with van der Waals surface area (Å²) >= 11 is 0. The number of nitrogen functional groups attached to an aromatic ring is 1. The molecular weight excluding hydrogens is 283 g/mol. The summed E-state index contributed by atoms with van der Waals surface area (Å²) in [4.78, 5) is 29.3. The van der Waals surface area contributed by atoms with Gasteiger partial charge in [0.1, 0.15) is 11.5 Å². The molecule has 1 heterocycles. The first-order valence-electron chi connectivity index (χ1n) is 5.55. The maximum absolute atomic E-state index is 13.5. The molecule has 0 bridgehead atoms. The number of non-ortho nitro benzene ring substituents is 1. The van der Waals surface area contributed by atoms with Crippen LogP contribution in [0.5, 0.6) is 0 Å². The summed E-state index contributed by atoms with van der Waals surface area (Å²) in [5.74, 6) is 3.78. The third-order valence-electron chi connectivity index (χ3n) is 2.44. The van der Waals surface area contributed by atoms with E-state index in [9.17, 15) is 19.3 Å². The predicted octanol–water partition coefficient (Wildman–Crippen LogP) is 1.06. The number of benzene rings is 1. The smallest absolute Gasteiger partial charge is 0.275 e. The zero-order chi connectivity index (χ0) is 15.4. The standard InChI is InChI=1S/C11H9FN6O3/c12-7-2-1-6(18(20)21)3-8(7)16-11(19)9-4-15-10(17-13)5-14-9/h1-5H,13H2,(H,15,17)(H,16,19). The molecule has 0 aliphatic heterocycles. The van der Waals surface area contributed by atoms with E-state index in [4.69, 9.17) is 5.84 Å². The van der Waals surface area contributed by atoms with Crippen molar-refractivity contribution >= 4 is 23.1 Å². The first-order chi connectivity index (χ1) is 10.0. The summed E-state index contributed by atoms with van der Waals surface area (Å²) in [6.45, 7) is 0. The number of nitrogens with two attached hydrogens (primary N) is 1. The van der Waals surface area contributed by atoms with Gasteiger partial charge in [0.25, 0.3) is 11.6 Å². The Morgan fingerprint density at radius 2 is 2.10 bits per heavy atom. The summed E-state index contributed by atoms with van der Waals surface area (Å²) in [6.07, 6.45) is 2.33. The van der Waals surface area contributed by atoms with Gasteiger partial charge in [-0.15, -0.1) is 0 Å². The number of carbonyl (C=O) groups excluding carboxylic acids is 1. The number of hydrazine groups is 1. The number of nitrogens with zero attached hydrogens (tertiary/aromatic N) is 3. The second-order valence-electron chi connectivity index (χ2n) is 3.81. The Hall–Kier alpha value is -3.14. The maximum atomic E-state index is 13.5. The highest BCUT2D eigenvalue weighted by Crippen LogP contribution is 2.21. The van der Waals surface area contributed by atoms with Crippen molar-refractivity contribution in [2.24, 2.45) is 5.84 Å². The second-order valence-corrected chi connectivity index (χ2v) is 3.81. The molecule has 0 unspecified atom stereocenters. The van der Waals surface area contributed by atoms with Crippen molar-refractivity contribution in [2.45, 2.75) is 0 Å². The number of halogens is 1. The second kappa shape index (κ2) is 5.88. The van der Waals surface area contributed by atoms with E-state index >= 15 is 0 Å². The van der Waals surface area contributed by atoms with E-state index in [2.05, 4.69) is 20.7 Å². The molecular formula is C11H9FN6O3. The fraction of sp³-hybridized carbons (Fsp3) is 0. The highest BCUT2D eigenvalue weighted by molar-refractivity contribution is 6.02. The molecule has 0 radical (unpaired) electrons. The van der Waals surface area contributed by atoms with Gasteiger partial charge in [0.2, 0.25) is 0 Å². The minimum Gasteiger partial charge on any atom is -0.318 e. The van der Waals surface area contributed by atoms with Gasteiger partial charge in [0.05, 0.1) is 23.0 Å². The summed E-state index contributed by atoms with van der Waals surface area (Å²) in [7, 11) is 0. The fourth-order valence-corrected chi connectivity index (χ4v) is 1.43. The largest absolute Gasteiger partial charge is 0.318 e. The molecule has 0 fully saturated rings. The minimum absolute atomic E-state index is 0.0973. The van der Waals surface area contributed by atoms with Gasteiger partial charge in [-0.05, 0) is 6.07 Å². The molecule has 2 aromatic rings. The number of hydrogen-bond acceptors (Lipinski definition) is 7. The van der Waals surface area contributed by atoms with Crippen LogP contribution in [0.1, 0.15) is 10.5 Å². The van der Waals surface area contributed by atoms with Crippen molar-refractivity contribution < 1.29 is 14.1 Å². The Bertz CT molecular complexity index is 691. The van der Waals surface area contributed by atoms with E-state index in [1.54, 1.807) is 0 Å². The number of carbonyl (C=O) groups is 1. The van der Waals surface area contributed by atoms with Crippen LogP contribution in [0.4, 0.5) is 21.6 Å². The van der Waals surface area contributed by atoms with Gasteiger partial charge in [-0.2, -0.15) is 0 Å². The zero-order valence-electron chi connectivity index (χ0n) is 10.4. The van der Waals surface area contributed by atoms with Gasteiger partial charge >= 0.3 is 0 Å². The summed E-state index contributed by atoms with van der Waals surface area (Å²) < 4.78 is 13.5. The Morgan fingerprint density at radius 3 is 2.67 bits per heavy atom. The molecule has 9 nitrogen and oxygen atoms in total. The lowest BCUT2D eigenvalue weighted by atomic mass is 10.2. The van der Waals surface area contributed by atoms with Crippen molar-refractivity contribution in [3.63, 3.8) is 0 Å². The first kappa shape index (κ1) is 14.3. The summed E-state index contributed by atoms with van der Waals surface area (Å²) in [5.41, 5.74) is 1.47. The lowest BCUT2D eigenvalue weighted by Gasteiger charge is -2.06. The number of amides is 1. The number of nitro benzene ring substituents is 1. The molecule has 1 amide bonds. The topological polar surface area (TPSA) is 136 Å². The summed E-state index contributed by atoms with van der Waals surface area (Å²) in [6, 6.07) is 2.80. The number of hydrogen-bond donors (Lipinski definition) is 3. The molecule has 0 atom stereocenters. The molecule has 108 valence electrons. The normalized spacial score (nSPS) is 10.0. The van der Waals surface area contributed by atoms with Crippen LogP contribution in [-0.4, -0.2) is 20.8 Å². The molecule has 1 aromatic carbocycles. The van der Waals surface area contributed by atoms with Gasteiger partial charge < -0.3 is 10.7 Å². The van der Waals surface area contributed by atoms with Crippen LogP contribution in [0, 0.1) is 15.9 Å². The highest BCUT2D eigenvalue weighted by Gasteiger charge is 2.15.